The standard InChI is InChI=1S/C10H12N2OS/c1-7-2-3-9-8(6-7)11-10(12-13)4-5-14-9/h2-3,6,13H,4-5H2,1H3,(H,11,12). The molecule has 0 aliphatic carbocycles. The number of thioether (sulfide) groups is 1. The second-order valence-corrected chi connectivity index (χ2v) is 4.38. The van der Waals surface area contributed by atoms with E-state index in [-0.39, 0.29) is 0 Å². The lowest BCUT2D eigenvalue weighted by molar-refractivity contribution is 0.232. The molecule has 1 aromatic rings. The Balaban J connectivity index is 2.44. The topological polar surface area (TPSA) is 44.6 Å². The van der Waals surface area contributed by atoms with E-state index in [0.29, 0.717) is 5.84 Å². The Kier molecular flexibility index (Phi) is 2.74. The van der Waals surface area contributed by atoms with Gasteiger partial charge >= 0.3 is 0 Å². The second-order valence-electron chi connectivity index (χ2n) is 3.24. The molecule has 3 nitrogen and oxygen atoms in total. The average molecular weight is 208 g/mol. The average Bonchev–Trinajstić information content (AvgIpc) is 2.38. The van der Waals surface area contributed by atoms with Crippen LogP contribution in [0.2, 0.25) is 0 Å². The predicted octanol–water partition coefficient (Wildman–Crippen LogP) is 2.50. The fourth-order valence-corrected chi connectivity index (χ4v) is 2.31. The van der Waals surface area contributed by atoms with Gasteiger partial charge in [-0.2, -0.15) is 0 Å². The molecule has 1 aliphatic rings. The van der Waals surface area contributed by atoms with Crippen LogP contribution in [0.1, 0.15) is 12.0 Å². The minimum Gasteiger partial charge on any atom is -0.290 e. The Morgan fingerprint density at radius 3 is 3.14 bits per heavy atom. The van der Waals surface area contributed by atoms with E-state index >= 15 is 0 Å². The largest absolute Gasteiger partial charge is 0.290 e. The number of hydroxylamine groups is 1. The van der Waals surface area contributed by atoms with Crippen LogP contribution in [0, 0.1) is 6.92 Å². The van der Waals surface area contributed by atoms with Crippen LogP contribution in [-0.4, -0.2) is 16.8 Å². The summed E-state index contributed by atoms with van der Waals surface area (Å²) in [5, 5.41) is 8.82. The molecule has 4 heteroatoms. The Morgan fingerprint density at radius 1 is 1.50 bits per heavy atom. The van der Waals surface area contributed by atoms with Gasteiger partial charge in [0, 0.05) is 17.1 Å². The van der Waals surface area contributed by atoms with Crippen molar-refractivity contribution >= 4 is 23.3 Å². The van der Waals surface area contributed by atoms with E-state index in [1.807, 2.05) is 13.0 Å². The van der Waals surface area contributed by atoms with Crippen molar-refractivity contribution in [2.75, 3.05) is 5.75 Å². The quantitative estimate of drug-likeness (QED) is 0.644. The van der Waals surface area contributed by atoms with Crippen LogP contribution in [0.4, 0.5) is 5.69 Å². The minimum absolute atomic E-state index is 0.641. The number of nitrogens with zero attached hydrogens (tertiary/aromatic N) is 1. The molecule has 0 bridgehead atoms. The zero-order valence-corrected chi connectivity index (χ0v) is 8.77. The van der Waals surface area contributed by atoms with Crippen molar-refractivity contribution in [3.63, 3.8) is 0 Å². The summed E-state index contributed by atoms with van der Waals surface area (Å²) in [5.41, 5.74) is 4.28. The highest BCUT2D eigenvalue weighted by atomic mass is 32.2. The smallest absolute Gasteiger partial charge is 0.127 e. The highest BCUT2D eigenvalue weighted by Gasteiger charge is 2.09. The Hall–Kier alpha value is -1.000. The van der Waals surface area contributed by atoms with Crippen molar-refractivity contribution in [1.82, 2.24) is 5.48 Å². The fourth-order valence-electron chi connectivity index (χ4n) is 1.38. The number of fused-ring (bicyclic) bond motifs is 1. The van der Waals surface area contributed by atoms with Gasteiger partial charge < -0.3 is 0 Å². The van der Waals surface area contributed by atoms with Gasteiger partial charge in [0.15, 0.2) is 0 Å². The summed E-state index contributed by atoms with van der Waals surface area (Å²) in [6.07, 6.45) is 0.773. The van der Waals surface area contributed by atoms with Crippen molar-refractivity contribution in [3.8, 4) is 0 Å². The van der Waals surface area contributed by atoms with E-state index in [4.69, 9.17) is 5.21 Å². The predicted molar refractivity (Wildman–Crippen MR) is 58.5 cm³/mol. The van der Waals surface area contributed by atoms with Gasteiger partial charge in [0.25, 0.3) is 0 Å². The van der Waals surface area contributed by atoms with Crippen molar-refractivity contribution in [1.29, 1.82) is 0 Å². The van der Waals surface area contributed by atoms with Crippen LogP contribution >= 0.6 is 11.8 Å². The van der Waals surface area contributed by atoms with Gasteiger partial charge in [-0.3, -0.25) is 10.7 Å². The minimum atomic E-state index is 0.641. The molecule has 0 fully saturated rings. The van der Waals surface area contributed by atoms with Crippen LogP contribution in [-0.2, 0) is 0 Å². The van der Waals surface area contributed by atoms with Crippen molar-refractivity contribution in [3.05, 3.63) is 23.8 Å². The first-order valence-electron chi connectivity index (χ1n) is 4.51. The number of aryl methyl sites for hydroxylation is 1. The lowest BCUT2D eigenvalue weighted by Gasteiger charge is -2.02. The number of hydrogen-bond donors (Lipinski definition) is 2. The summed E-state index contributed by atoms with van der Waals surface area (Å²) in [7, 11) is 0. The monoisotopic (exact) mass is 208 g/mol. The van der Waals surface area contributed by atoms with Gasteiger partial charge in [-0.15, -0.1) is 11.8 Å². The molecule has 74 valence electrons. The third-order valence-corrected chi connectivity index (χ3v) is 3.16. The SMILES string of the molecule is Cc1ccc2c(c1)N=C(NO)CCS2. The number of hydrogen-bond acceptors (Lipinski definition) is 4. The maximum atomic E-state index is 8.82. The van der Waals surface area contributed by atoms with Crippen molar-refractivity contribution < 1.29 is 5.21 Å². The first-order chi connectivity index (χ1) is 6.79. The van der Waals surface area contributed by atoms with Crippen LogP contribution < -0.4 is 5.48 Å². The lowest BCUT2D eigenvalue weighted by atomic mass is 10.2. The van der Waals surface area contributed by atoms with E-state index in [1.54, 1.807) is 11.8 Å². The zero-order valence-electron chi connectivity index (χ0n) is 7.95. The van der Waals surface area contributed by atoms with Gasteiger partial charge in [-0.05, 0) is 24.6 Å². The van der Waals surface area contributed by atoms with E-state index < -0.39 is 0 Å². The molecular formula is C10H12N2OS. The summed E-state index contributed by atoms with van der Waals surface area (Å²) in [5.74, 6) is 1.59. The normalized spacial score (nSPS) is 15.4. The van der Waals surface area contributed by atoms with E-state index in [2.05, 4.69) is 22.6 Å². The maximum Gasteiger partial charge on any atom is 0.127 e. The van der Waals surface area contributed by atoms with Gasteiger partial charge in [0.05, 0.1) is 5.69 Å². The molecule has 2 N–H and O–H groups in total. The summed E-state index contributed by atoms with van der Waals surface area (Å²) in [6, 6.07) is 6.20. The van der Waals surface area contributed by atoms with Crippen LogP contribution in [0.5, 0.6) is 0 Å². The third-order valence-electron chi connectivity index (χ3n) is 2.10. The summed E-state index contributed by atoms with van der Waals surface area (Å²) in [4.78, 5) is 5.53. The first-order valence-corrected chi connectivity index (χ1v) is 5.49. The third kappa shape index (κ3) is 1.91. The molecule has 0 atom stereocenters. The number of aliphatic imine (C=N–C) groups is 1. The molecule has 2 rings (SSSR count). The van der Waals surface area contributed by atoms with Crippen molar-refractivity contribution in [2.24, 2.45) is 4.99 Å². The molecule has 14 heavy (non-hydrogen) atoms. The highest BCUT2D eigenvalue weighted by Crippen LogP contribution is 2.33. The molecule has 0 radical (unpaired) electrons. The van der Waals surface area contributed by atoms with Crippen LogP contribution in [0.3, 0.4) is 0 Å². The molecule has 0 spiro atoms. The van der Waals surface area contributed by atoms with Gasteiger partial charge in [-0.1, -0.05) is 6.07 Å². The maximum absolute atomic E-state index is 8.82. The first kappa shape index (κ1) is 9.55. The number of nitrogens with one attached hydrogen (secondary N) is 1. The number of benzene rings is 1. The summed E-state index contributed by atoms with van der Waals surface area (Å²) < 4.78 is 0. The molecule has 0 aromatic heterocycles. The van der Waals surface area contributed by atoms with Crippen LogP contribution in [0.15, 0.2) is 28.1 Å². The van der Waals surface area contributed by atoms with Gasteiger partial charge in [-0.25, -0.2) is 4.99 Å². The van der Waals surface area contributed by atoms with E-state index in [1.165, 1.54) is 10.5 Å². The molecule has 1 aliphatic heterocycles. The summed E-state index contributed by atoms with van der Waals surface area (Å²) >= 11 is 1.77. The highest BCUT2D eigenvalue weighted by molar-refractivity contribution is 7.99. The fraction of sp³-hybridized carbons (Fsp3) is 0.300. The molecular weight excluding hydrogens is 196 g/mol. The molecule has 0 saturated heterocycles. The zero-order chi connectivity index (χ0) is 9.97. The Morgan fingerprint density at radius 2 is 2.36 bits per heavy atom. The molecule has 1 aromatic carbocycles. The summed E-state index contributed by atoms with van der Waals surface area (Å²) in [6.45, 7) is 2.04. The molecule has 0 unspecified atom stereocenters. The molecule has 0 saturated carbocycles. The number of rotatable bonds is 0. The van der Waals surface area contributed by atoms with E-state index in [9.17, 15) is 0 Å². The Bertz CT molecular complexity index is 376. The van der Waals surface area contributed by atoms with Crippen molar-refractivity contribution in [2.45, 2.75) is 18.2 Å². The number of amidine groups is 1. The van der Waals surface area contributed by atoms with Crippen LogP contribution in [0.25, 0.3) is 0 Å². The van der Waals surface area contributed by atoms with Gasteiger partial charge in [0.1, 0.15) is 5.84 Å². The Labute approximate surface area is 87.2 Å². The molecule has 0 amide bonds. The van der Waals surface area contributed by atoms with Gasteiger partial charge in [0.2, 0.25) is 0 Å². The van der Waals surface area contributed by atoms with E-state index in [0.717, 1.165) is 17.9 Å². The molecule has 1 heterocycles. The second kappa shape index (κ2) is 4.02. The lowest BCUT2D eigenvalue weighted by Crippen LogP contribution is -2.18.